The average molecular weight is 306 g/mol. The second-order valence-electron chi connectivity index (χ2n) is 5.23. The summed E-state index contributed by atoms with van der Waals surface area (Å²) in [7, 11) is 1.45. The van der Waals surface area contributed by atoms with Crippen molar-refractivity contribution in [3.8, 4) is 5.75 Å². The molecule has 1 heterocycles. The lowest BCUT2D eigenvalue weighted by Crippen LogP contribution is -2.51. The lowest BCUT2D eigenvalue weighted by molar-refractivity contribution is -0.152. The van der Waals surface area contributed by atoms with E-state index in [2.05, 4.69) is 4.98 Å². The SMILES string of the molecule is CCOC(=O)C(C)(C)n1c(=O)[nH]c2c(OC)cccc2c1=O. The van der Waals surface area contributed by atoms with Gasteiger partial charge in [-0.1, -0.05) is 6.07 Å². The number of aromatic amines is 1. The summed E-state index contributed by atoms with van der Waals surface area (Å²) in [4.78, 5) is 39.6. The molecular weight excluding hydrogens is 288 g/mol. The number of para-hydroxylation sites is 1. The fourth-order valence-corrected chi connectivity index (χ4v) is 2.29. The number of hydrogen-bond donors (Lipinski definition) is 1. The van der Waals surface area contributed by atoms with Crippen molar-refractivity contribution in [2.75, 3.05) is 13.7 Å². The Labute approximate surface area is 126 Å². The summed E-state index contributed by atoms with van der Waals surface area (Å²) in [6.45, 7) is 4.75. The van der Waals surface area contributed by atoms with Crippen molar-refractivity contribution in [3.63, 3.8) is 0 Å². The number of fused-ring (bicyclic) bond motifs is 1. The zero-order valence-electron chi connectivity index (χ0n) is 12.9. The van der Waals surface area contributed by atoms with Crippen LogP contribution in [-0.4, -0.2) is 29.2 Å². The van der Waals surface area contributed by atoms with Gasteiger partial charge >= 0.3 is 11.7 Å². The maximum Gasteiger partial charge on any atom is 0.332 e. The molecule has 7 nitrogen and oxygen atoms in total. The molecule has 0 aliphatic rings. The number of nitrogens with one attached hydrogen (secondary N) is 1. The first-order valence-electron chi connectivity index (χ1n) is 6.84. The van der Waals surface area contributed by atoms with Crippen molar-refractivity contribution in [3.05, 3.63) is 39.0 Å². The molecular formula is C15H18N2O5. The van der Waals surface area contributed by atoms with Crippen LogP contribution < -0.4 is 16.0 Å². The molecule has 7 heteroatoms. The lowest BCUT2D eigenvalue weighted by Gasteiger charge is -2.24. The first-order chi connectivity index (χ1) is 10.3. The summed E-state index contributed by atoms with van der Waals surface area (Å²) in [6.07, 6.45) is 0. The summed E-state index contributed by atoms with van der Waals surface area (Å²) in [5, 5.41) is 0.260. The molecule has 0 saturated heterocycles. The largest absolute Gasteiger partial charge is 0.495 e. The number of esters is 1. The standard InChI is InChI=1S/C15H18N2O5/c1-5-22-13(19)15(2,3)17-12(18)9-7-6-8-10(21-4)11(9)16-14(17)20/h6-8H,5H2,1-4H3,(H,16,20). The molecule has 0 bridgehead atoms. The van der Waals surface area contributed by atoms with Gasteiger partial charge in [0.1, 0.15) is 11.3 Å². The van der Waals surface area contributed by atoms with Crippen molar-refractivity contribution in [1.29, 1.82) is 0 Å². The van der Waals surface area contributed by atoms with Crippen molar-refractivity contribution >= 4 is 16.9 Å². The van der Waals surface area contributed by atoms with Gasteiger partial charge in [-0.25, -0.2) is 14.2 Å². The van der Waals surface area contributed by atoms with E-state index in [0.29, 0.717) is 11.3 Å². The summed E-state index contributed by atoms with van der Waals surface area (Å²) < 4.78 is 11.0. The Balaban J connectivity index is 2.80. The maximum atomic E-state index is 12.7. The summed E-state index contributed by atoms with van der Waals surface area (Å²) in [5.74, 6) is -0.266. The molecule has 0 radical (unpaired) electrons. The minimum Gasteiger partial charge on any atom is -0.495 e. The molecule has 22 heavy (non-hydrogen) atoms. The Morgan fingerprint density at radius 1 is 1.32 bits per heavy atom. The van der Waals surface area contributed by atoms with Crippen LogP contribution in [0, 0.1) is 0 Å². The third-order valence-corrected chi connectivity index (χ3v) is 3.45. The zero-order valence-corrected chi connectivity index (χ0v) is 12.9. The van der Waals surface area contributed by atoms with E-state index in [-0.39, 0.29) is 12.0 Å². The highest BCUT2D eigenvalue weighted by Gasteiger charge is 2.35. The third-order valence-electron chi connectivity index (χ3n) is 3.45. The van der Waals surface area contributed by atoms with E-state index in [1.807, 2.05) is 0 Å². The predicted molar refractivity (Wildman–Crippen MR) is 81.3 cm³/mol. The van der Waals surface area contributed by atoms with Gasteiger partial charge in [0, 0.05) is 0 Å². The monoisotopic (exact) mass is 306 g/mol. The molecule has 0 spiro atoms. The molecule has 2 aromatic rings. The Bertz CT molecular complexity index is 832. The number of H-pyrrole nitrogens is 1. The van der Waals surface area contributed by atoms with Crippen molar-refractivity contribution in [1.82, 2.24) is 9.55 Å². The first kappa shape index (κ1) is 15.8. The van der Waals surface area contributed by atoms with E-state index in [4.69, 9.17) is 9.47 Å². The molecule has 1 aromatic carbocycles. The highest BCUT2D eigenvalue weighted by molar-refractivity contribution is 5.84. The minimum atomic E-state index is -1.42. The van der Waals surface area contributed by atoms with Gasteiger partial charge < -0.3 is 14.5 Å². The predicted octanol–water partition coefficient (Wildman–Crippen LogP) is 0.997. The van der Waals surface area contributed by atoms with Gasteiger partial charge in [0.05, 0.1) is 24.6 Å². The molecule has 0 saturated carbocycles. The number of carbonyl (C=O) groups excluding carboxylic acids is 1. The number of hydrogen-bond acceptors (Lipinski definition) is 5. The molecule has 1 aromatic heterocycles. The van der Waals surface area contributed by atoms with Crippen LogP contribution in [0.1, 0.15) is 20.8 Å². The summed E-state index contributed by atoms with van der Waals surface area (Å²) in [5.41, 5.74) is -2.38. The number of carbonyl (C=O) groups is 1. The van der Waals surface area contributed by atoms with Gasteiger partial charge in [-0.2, -0.15) is 0 Å². The van der Waals surface area contributed by atoms with Gasteiger partial charge in [0.25, 0.3) is 5.56 Å². The van der Waals surface area contributed by atoms with Crippen LogP contribution in [0.5, 0.6) is 5.75 Å². The Hall–Kier alpha value is -2.57. The number of ether oxygens (including phenoxy) is 2. The maximum absolute atomic E-state index is 12.7. The van der Waals surface area contributed by atoms with Gasteiger partial charge in [-0.15, -0.1) is 0 Å². The van der Waals surface area contributed by atoms with E-state index < -0.39 is 22.8 Å². The van der Waals surface area contributed by atoms with Crippen molar-refractivity contribution < 1.29 is 14.3 Å². The van der Waals surface area contributed by atoms with Crippen molar-refractivity contribution in [2.24, 2.45) is 0 Å². The first-order valence-corrected chi connectivity index (χ1v) is 6.84. The van der Waals surface area contributed by atoms with E-state index in [9.17, 15) is 14.4 Å². The third kappa shape index (κ3) is 2.38. The van der Waals surface area contributed by atoms with E-state index >= 15 is 0 Å². The van der Waals surface area contributed by atoms with Crippen molar-refractivity contribution in [2.45, 2.75) is 26.3 Å². The molecule has 0 fully saturated rings. The van der Waals surface area contributed by atoms with Crippen LogP contribution in [0.15, 0.2) is 27.8 Å². The fourth-order valence-electron chi connectivity index (χ4n) is 2.29. The van der Waals surface area contributed by atoms with Crippen LogP contribution in [0.2, 0.25) is 0 Å². The Morgan fingerprint density at radius 3 is 2.59 bits per heavy atom. The van der Waals surface area contributed by atoms with Gasteiger partial charge in [0.15, 0.2) is 0 Å². The van der Waals surface area contributed by atoms with E-state index in [1.54, 1.807) is 25.1 Å². The van der Waals surface area contributed by atoms with Crippen LogP contribution in [0.3, 0.4) is 0 Å². The van der Waals surface area contributed by atoms with Gasteiger partial charge in [0.2, 0.25) is 0 Å². The van der Waals surface area contributed by atoms with E-state index in [0.717, 1.165) is 4.57 Å². The average Bonchev–Trinajstić information content (AvgIpc) is 2.46. The fraction of sp³-hybridized carbons (Fsp3) is 0.400. The summed E-state index contributed by atoms with van der Waals surface area (Å²) in [6, 6.07) is 4.84. The Morgan fingerprint density at radius 2 is 2.00 bits per heavy atom. The number of aromatic nitrogens is 2. The second kappa shape index (κ2) is 5.67. The quantitative estimate of drug-likeness (QED) is 0.851. The topological polar surface area (TPSA) is 90.4 Å². The number of rotatable bonds is 4. The number of benzene rings is 1. The number of nitrogens with zero attached hydrogens (tertiary/aromatic N) is 1. The summed E-state index contributed by atoms with van der Waals surface area (Å²) >= 11 is 0. The van der Waals surface area contributed by atoms with Crippen LogP contribution in [0.25, 0.3) is 10.9 Å². The van der Waals surface area contributed by atoms with Crippen LogP contribution >= 0.6 is 0 Å². The Kier molecular flexibility index (Phi) is 4.07. The molecule has 0 unspecified atom stereocenters. The molecule has 118 valence electrons. The molecule has 0 atom stereocenters. The van der Waals surface area contributed by atoms with E-state index in [1.165, 1.54) is 21.0 Å². The normalized spacial score (nSPS) is 11.5. The molecule has 0 amide bonds. The van der Waals surface area contributed by atoms with Crippen LogP contribution in [-0.2, 0) is 15.1 Å². The number of methoxy groups -OCH3 is 1. The molecule has 0 aliphatic carbocycles. The highest BCUT2D eigenvalue weighted by atomic mass is 16.5. The lowest BCUT2D eigenvalue weighted by atomic mass is 10.1. The van der Waals surface area contributed by atoms with Gasteiger partial charge in [-0.05, 0) is 32.9 Å². The van der Waals surface area contributed by atoms with Gasteiger partial charge in [-0.3, -0.25) is 4.79 Å². The highest BCUT2D eigenvalue weighted by Crippen LogP contribution is 2.21. The molecule has 2 rings (SSSR count). The van der Waals surface area contributed by atoms with Crippen LogP contribution in [0.4, 0.5) is 0 Å². The zero-order chi connectivity index (χ0) is 16.5. The smallest absolute Gasteiger partial charge is 0.332 e. The second-order valence-corrected chi connectivity index (χ2v) is 5.23. The minimum absolute atomic E-state index is 0.163. The molecule has 1 N–H and O–H groups in total. The molecule has 0 aliphatic heterocycles.